The number of morpholine rings is 1. The highest BCUT2D eigenvalue weighted by Gasteiger charge is 2.23. The van der Waals surface area contributed by atoms with Gasteiger partial charge in [-0.3, -0.25) is 9.69 Å². The van der Waals surface area contributed by atoms with Gasteiger partial charge in [-0.2, -0.15) is 0 Å². The lowest BCUT2D eigenvalue weighted by Crippen LogP contribution is -2.44. The molecule has 0 unspecified atom stereocenters. The van der Waals surface area contributed by atoms with Crippen molar-refractivity contribution in [1.29, 1.82) is 0 Å². The van der Waals surface area contributed by atoms with Gasteiger partial charge in [-0.1, -0.05) is 54.6 Å². The molecule has 5 nitrogen and oxygen atoms in total. The molecule has 1 aliphatic heterocycles. The van der Waals surface area contributed by atoms with Crippen LogP contribution in [0.5, 0.6) is 5.75 Å². The summed E-state index contributed by atoms with van der Waals surface area (Å²) < 4.78 is 24.5. The van der Waals surface area contributed by atoms with Crippen LogP contribution in [-0.2, 0) is 9.53 Å². The normalized spacial score (nSPS) is 15.2. The van der Waals surface area contributed by atoms with Crippen molar-refractivity contribution in [3.05, 3.63) is 90.2 Å². The first kappa shape index (κ1) is 22.0. The second kappa shape index (κ2) is 10.9. The van der Waals surface area contributed by atoms with Gasteiger partial charge in [0.1, 0.15) is 11.6 Å². The lowest BCUT2D eigenvalue weighted by molar-refractivity contribution is -0.123. The van der Waals surface area contributed by atoms with Crippen molar-refractivity contribution in [2.45, 2.75) is 6.04 Å². The van der Waals surface area contributed by atoms with E-state index in [1.54, 1.807) is 12.1 Å². The first-order valence-corrected chi connectivity index (χ1v) is 10.8. The number of rotatable bonds is 8. The lowest BCUT2D eigenvalue weighted by Gasteiger charge is -2.35. The van der Waals surface area contributed by atoms with Crippen molar-refractivity contribution in [3.63, 3.8) is 0 Å². The van der Waals surface area contributed by atoms with Crippen molar-refractivity contribution in [1.82, 2.24) is 10.2 Å². The van der Waals surface area contributed by atoms with Crippen molar-refractivity contribution in [2.75, 3.05) is 39.5 Å². The van der Waals surface area contributed by atoms with E-state index < -0.39 is 0 Å². The molecule has 1 heterocycles. The smallest absolute Gasteiger partial charge is 0.258 e. The quantitative estimate of drug-likeness (QED) is 0.581. The van der Waals surface area contributed by atoms with E-state index in [0.717, 1.165) is 29.8 Å². The highest BCUT2D eigenvalue weighted by atomic mass is 19.1. The van der Waals surface area contributed by atoms with Crippen LogP contribution in [-0.4, -0.2) is 50.3 Å². The van der Waals surface area contributed by atoms with Crippen molar-refractivity contribution < 1.29 is 18.7 Å². The Labute approximate surface area is 187 Å². The third kappa shape index (κ3) is 5.93. The molecule has 6 heteroatoms. The second-order valence-corrected chi connectivity index (χ2v) is 7.70. The summed E-state index contributed by atoms with van der Waals surface area (Å²) in [6.45, 7) is 3.18. The number of halogens is 1. The Morgan fingerprint density at radius 3 is 2.28 bits per heavy atom. The van der Waals surface area contributed by atoms with Gasteiger partial charge in [-0.25, -0.2) is 4.39 Å². The van der Waals surface area contributed by atoms with E-state index in [9.17, 15) is 9.18 Å². The largest absolute Gasteiger partial charge is 0.484 e. The highest BCUT2D eigenvalue weighted by Crippen LogP contribution is 2.23. The van der Waals surface area contributed by atoms with Crippen molar-refractivity contribution in [3.8, 4) is 16.9 Å². The van der Waals surface area contributed by atoms with Crippen LogP contribution in [0.3, 0.4) is 0 Å². The maximum absolute atomic E-state index is 13.4. The molecule has 1 aliphatic rings. The summed E-state index contributed by atoms with van der Waals surface area (Å²) in [6, 6.07) is 24.2. The number of benzene rings is 3. The molecule has 1 saturated heterocycles. The fourth-order valence-electron chi connectivity index (χ4n) is 3.82. The highest BCUT2D eigenvalue weighted by molar-refractivity contribution is 5.77. The van der Waals surface area contributed by atoms with Crippen molar-refractivity contribution in [2.24, 2.45) is 0 Å². The molecule has 166 valence electrons. The molecular formula is C26H27FN2O3. The predicted molar refractivity (Wildman–Crippen MR) is 122 cm³/mol. The Morgan fingerprint density at radius 1 is 0.938 bits per heavy atom. The average Bonchev–Trinajstić information content (AvgIpc) is 2.85. The first-order chi connectivity index (χ1) is 15.7. The molecule has 32 heavy (non-hydrogen) atoms. The van der Waals surface area contributed by atoms with Gasteiger partial charge < -0.3 is 14.8 Å². The zero-order chi connectivity index (χ0) is 22.2. The average molecular weight is 435 g/mol. The maximum atomic E-state index is 13.4. The standard InChI is InChI=1S/C26H27FN2O3/c27-23-10-6-22(7-11-23)25(29-14-16-31-17-15-29)18-28-26(30)19-32-24-12-8-21(9-13-24)20-4-2-1-3-5-20/h1-13,25H,14-19H2,(H,28,30)/t25-/m1/s1. The number of nitrogens with one attached hydrogen (secondary N) is 1. The molecular weight excluding hydrogens is 407 g/mol. The van der Waals surface area contributed by atoms with Gasteiger partial charge in [0.25, 0.3) is 5.91 Å². The Balaban J connectivity index is 1.31. The van der Waals surface area contributed by atoms with Crippen LogP contribution in [0.4, 0.5) is 4.39 Å². The molecule has 1 N–H and O–H groups in total. The number of nitrogens with zero attached hydrogens (tertiary/aromatic N) is 1. The van der Waals surface area contributed by atoms with E-state index in [0.29, 0.717) is 25.5 Å². The predicted octanol–water partition coefficient (Wildman–Crippen LogP) is 4.06. The van der Waals surface area contributed by atoms with Gasteiger partial charge in [-0.05, 0) is 41.0 Å². The fourth-order valence-corrected chi connectivity index (χ4v) is 3.82. The molecule has 4 rings (SSSR count). The molecule has 3 aromatic rings. The van der Waals surface area contributed by atoms with E-state index in [4.69, 9.17) is 9.47 Å². The molecule has 0 radical (unpaired) electrons. The third-order valence-electron chi connectivity index (χ3n) is 5.57. The van der Waals surface area contributed by atoms with Crippen LogP contribution >= 0.6 is 0 Å². The van der Waals surface area contributed by atoms with Gasteiger partial charge >= 0.3 is 0 Å². The summed E-state index contributed by atoms with van der Waals surface area (Å²) >= 11 is 0. The zero-order valence-corrected chi connectivity index (χ0v) is 17.9. The van der Waals surface area contributed by atoms with Crippen LogP contribution < -0.4 is 10.1 Å². The minimum absolute atomic E-state index is 0.0476. The van der Waals surface area contributed by atoms with Crippen LogP contribution in [0.15, 0.2) is 78.9 Å². The summed E-state index contributed by atoms with van der Waals surface area (Å²) in [4.78, 5) is 14.7. The number of amides is 1. The molecule has 0 saturated carbocycles. The summed E-state index contributed by atoms with van der Waals surface area (Å²) in [5.74, 6) is 0.172. The van der Waals surface area contributed by atoms with E-state index in [1.165, 1.54) is 12.1 Å². The number of carbonyl (C=O) groups is 1. The molecule has 0 aliphatic carbocycles. The molecule has 0 aromatic heterocycles. The maximum Gasteiger partial charge on any atom is 0.258 e. The molecule has 1 atom stereocenters. The first-order valence-electron chi connectivity index (χ1n) is 10.8. The second-order valence-electron chi connectivity index (χ2n) is 7.70. The van der Waals surface area contributed by atoms with E-state index in [-0.39, 0.29) is 24.4 Å². The Morgan fingerprint density at radius 2 is 1.59 bits per heavy atom. The van der Waals surface area contributed by atoms with E-state index >= 15 is 0 Å². The summed E-state index contributed by atoms with van der Waals surface area (Å²) in [6.07, 6.45) is 0. The molecule has 1 fully saturated rings. The number of hydrogen-bond donors (Lipinski definition) is 1. The Hall–Kier alpha value is -3.22. The van der Waals surface area contributed by atoms with Crippen LogP contribution in [0.1, 0.15) is 11.6 Å². The Bertz CT molecular complexity index is 988. The van der Waals surface area contributed by atoms with E-state index in [2.05, 4.69) is 22.3 Å². The number of ether oxygens (including phenoxy) is 2. The number of hydrogen-bond acceptors (Lipinski definition) is 4. The van der Waals surface area contributed by atoms with Gasteiger partial charge in [-0.15, -0.1) is 0 Å². The lowest BCUT2D eigenvalue weighted by atomic mass is 10.0. The summed E-state index contributed by atoms with van der Waals surface area (Å²) in [5.41, 5.74) is 3.19. The summed E-state index contributed by atoms with van der Waals surface area (Å²) in [7, 11) is 0. The summed E-state index contributed by atoms with van der Waals surface area (Å²) in [5, 5.41) is 2.96. The topological polar surface area (TPSA) is 50.8 Å². The van der Waals surface area contributed by atoms with Crippen molar-refractivity contribution >= 4 is 5.91 Å². The zero-order valence-electron chi connectivity index (χ0n) is 17.9. The fraction of sp³-hybridized carbons (Fsp3) is 0.269. The minimum atomic E-state index is -0.273. The molecule has 1 amide bonds. The SMILES string of the molecule is O=C(COc1ccc(-c2ccccc2)cc1)NC[C@H](c1ccc(F)cc1)N1CCOCC1. The molecule has 0 spiro atoms. The third-order valence-corrected chi connectivity index (χ3v) is 5.57. The van der Waals surface area contributed by atoms with Crippen LogP contribution in [0, 0.1) is 5.82 Å². The molecule has 0 bridgehead atoms. The van der Waals surface area contributed by atoms with Gasteiger partial charge in [0.2, 0.25) is 0 Å². The molecule has 3 aromatic carbocycles. The van der Waals surface area contributed by atoms with Gasteiger partial charge in [0, 0.05) is 19.6 Å². The van der Waals surface area contributed by atoms with Crippen LogP contribution in [0.25, 0.3) is 11.1 Å². The number of carbonyl (C=O) groups excluding carboxylic acids is 1. The Kier molecular flexibility index (Phi) is 7.48. The minimum Gasteiger partial charge on any atom is -0.484 e. The monoisotopic (exact) mass is 434 g/mol. The van der Waals surface area contributed by atoms with Gasteiger partial charge in [0.05, 0.1) is 19.3 Å². The van der Waals surface area contributed by atoms with Crippen LogP contribution in [0.2, 0.25) is 0 Å². The van der Waals surface area contributed by atoms with Gasteiger partial charge in [0.15, 0.2) is 6.61 Å². The van der Waals surface area contributed by atoms with E-state index in [1.807, 2.05) is 42.5 Å².